The van der Waals surface area contributed by atoms with Gasteiger partial charge in [0.15, 0.2) is 0 Å². The molecule has 3 aromatic rings. The Hall–Kier alpha value is -4.66. The number of piperidine rings is 1. The van der Waals surface area contributed by atoms with Crippen molar-refractivity contribution in [2.24, 2.45) is 5.92 Å². The van der Waals surface area contributed by atoms with Crippen LogP contribution < -0.4 is 24.6 Å². The Balaban J connectivity index is 1.12. The Bertz CT molecular complexity index is 1660. The van der Waals surface area contributed by atoms with Gasteiger partial charge in [0.2, 0.25) is 0 Å². The SMILES string of the molecule is COCCCN1CCOc2ccc(COC3CNCC(CC(=O)OCCCCO[N+](=O)[O-])C3c3ccc(OC4CCN(c5cccc(F)c5)C4)cc3)cc21. The first kappa shape index (κ1) is 39.0. The molecule has 3 aliphatic rings. The Kier molecular flexibility index (Phi) is 14.2. The van der Waals surface area contributed by atoms with Gasteiger partial charge in [-0.3, -0.25) is 4.79 Å². The van der Waals surface area contributed by atoms with Crippen molar-refractivity contribution >= 4 is 17.3 Å². The van der Waals surface area contributed by atoms with Crippen LogP contribution in [0.3, 0.4) is 0 Å². The van der Waals surface area contributed by atoms with Gasteiger partial charge in [0.05, 0.1) is 51.1 Å². The van der Waals surface area contributed by atoms with Crippen LogP contribution in [0.15, 0.2) is 66.7 Å². The van der Waals surface area contributed by atoms with E-state index >= 15 is 0 Å². The van der Waals surface area contributed by atoms with Crippen molar-refractivity contribution in [3.63, 3.8) is 0 Å². The molecule has 0 spiro atoms. The molecule has 0 amide bonds. The van der Waals surface area contributed by atoms with Gasteiger partial charge in [-0.05, 0) is 85.3 Å². The third-order valence-electron chi connectivity index (χ3n) is 10.2. The molecule has 292 valence electrons. The summed E-state index contributed by atoms with van der Waals surface area (Å²) in [5.74, 6) is 0.822. The zero-order valence-corrected chi connectivity index (χ0v) is 30.9. The van der Waals surface area contributed by atoms with Crippen molar-refractivity contribution in [1.82, 2.24) is 5.32 Å². The van der Waals surface area contributed by atoms with Crippen LogP contribution in [0.5, 0.6) is 11.5 Å². The average molecular weight is 751 g/mol. The number of nitrogens with one attached hydrogen (secondary N) is 1. The summed E-state index contributed by atoms with van der Waals surface area (Å²) in [6.45, 7) is 6.22. The number of rotatable bonds is 19. The highest BCUT2D eigenvalue weighted by Crippen LogP contribution is 2.37. The Morgan fingerprint density at radius 3 is 2.69 bits per heavy atom. The largest absolute Gasteiger partial charge is 0.490 e. The van der Waals surface area contributed by atoms with Gasteiger partial charge < -0.3 is 43.6 Å². The Morgan fingerprint density at radius 1 is 1.02 bits per heavy atom. The summed E-state index contributed by atoms with van der Waals surface area (Å²) in [6.07, 6.45) is 2.55. The Morgan fingerprint density at radius 2 is 1.87 bits per heavy atom. The molecule has 14 heteroatoms. The van der Waals surface area contributed by atoms with Crippen LogP contribution in [0.1, 0.15) is 49.1 Å². The third-order valence-corrected chi connectivity index (χ3v) is 10.2. The van der Waals surface area contributed by atoms with E-state index in [1.807, 2.05) is 30.3 Å². The fraction of sp³-hybridized carbons (Fsp3) is 0.525. The second-order valence-electron chi connectivity index (χ2n) is 14.0. The lowest BCUT2D eigenvalue weighted by molar-refractivity contribution is -0.757. The normalized spacial score (nSPS) is 20.9. The molecule has 1 N–H and O–H groups in total. The first-order valence-electron chi connectivity index (χ1n) is 18.9. The summed E-state index contributed by atoms with van der Waals surface area (Å²) >= 11 is 0. The maximum absolute atomic E-state index is 13.8. The van der Waals surface area contributed by atoms with E-state index in [9.17, 15) is 19.3 Å². The molecule has 0 saturated carbocycles. The molecule has 2 saturated heterocycles. The van der Waals surface area contributed by atoms with E-state index in [2.05, 4.69) is 38.2 Å². The number of carbonyl (C=O) groups excluding carboxylic acids is 1. The van der Waals surface area contributed by atoms with Gasteiger partial charge in [-0.2, -0.15) is 0 Å². The monoisotopic (exact) mass is 750 g/mol. The van der Waals surface area contributed by atoms with Crippen molar-refractivity contribution in [3.8, 4) is 11.5 Å². The molecule has 2 fully saturated rings. The fourth-order valence-electron chi connectivity index (χ4n) is 7.56. The smallest absolute Gasteiger partial charge is 0.306 e. The van der Waals surface area contributed by atoms with Crippen molar-refractivity contribution in [1.29, 1.82) is 0 Å². The summed E-state index contributed by atoms with van der Waals surface area (Å²) in [5.41, 5.74) is 3.98. The number of carbonyl (C=O) groups is 1. The molecule has 4 atom stereocenters. The number of nitrogens with zero attached hydrogens (tertiary/aromatic N) is 3. The number of methoxy groups -OCH3 is 1. The molecule has 3 heterocycles. The zero-order chi connectivity index (χ0) is 37.7. The quantitative estimate of drug-likeness (QED) is 0.0715. The van der Waals surface area contributed by atoms with Gasteiger partial charge in [-0.25, -0.2) is 4.39 Å². The lowest BCUT2D eigenvalue weighted by Crippen LogP contribution is -2.47. The van der Waals surface area contributed by atoms with Crippen LogP contribution >= 0.6 is 0 Å². The first-order valence-corrected chi connectivity index (χ1v) is 18.9. The summed E-state index contributed by atoms with van der Waals surface area (Å²) in [7, 11) is 1.72. The van der Waals surface area contributed by atoms with E-state index < -0.39 is 5.09 Å². The predicted molar refractivity (Wildman–Crippen MR) is 200 cm³/mol. The number of hydrogen-bond donors (Lipinski definition) is 1. The fourth-order valence-corrected chi connectivity index (χ4v) is 7.56. The number of esters is 1. The molecule has 0 radical (unpaired) electrons. The molecule has 0 aliphatic carbocycles. The van der Waals surface area contributed by atoms with Crippen molar-refractivity contribution < 1.29 is 42.8 Å². The van der Waals surface area contributed by atoms with E-state index in [0.29, 0.717) is 52.3 Å². The van der Waals surface area contributed by atoms with Crippen LogP contribution in [0, 0.1) is 21.8 Å². The molecule has 0 aromatic heterocycles. The third kappa shape index (κ3) is 11.0. The maximum atomic E-state index is 13.8. The zero-order valence-electron chi connectivity index (χ0n) is 30.9. The van der Waals surface area contributed by atoms with Crippen LogP contribution in [-0.4, -0.2) is 96.1 Å². The van der Waals surface area contributed by atoms with Gasteiger partial charge >= 0.3 is 5.97 Å². The summed E-state index contributed by atoms with van der Waals surface area (Å²) < 4.78 is 43.6. The lowest BCUT2D eigenvalue weighted by Gasteiger charge is -2.39. The van der Waals surface area contributed by atoms with E-state index in [0.717, 1.165) is 66.5 Å². The van der Waals surface area contributed by atoms with Crippen LogP contribution in [-0.2, 0) is 30.4 Å². The lowest BCUT2D eigenvalue weighted by atomic mass is 9.77. The second-order valence-corrected chi connectivity index (χ2v) is 14.0. The molecular weight excluding hydrogens is 699 g/mol. The van der Waals surface area contributed by atoms with E-state index in [1.165, 1.54) is 6.07 Å². The van der Waals surface area contributed by atoms with Crippen LogP contribution in [0.4, 0.5) is 15.8 Å². The minimum atomic E-state index is -0.823. The number of hydrogen-bond acceptors (Lipinski definition) is 12. The van der Waals surface area contributed by atoms with Gasteiger partial charge in [-0.1, -0.05) is 24.3 Å². The second kappa shape index (κ2) is 19.6. The topological polar surface area (TPSA) is 134 Å². The number of benzene rings is 3. The predicted octanol–water partition coefficient (Wildman–Crippen LogP) is 5.53. The Labute approximate surface area is 315 Å². The minimum Gasteiger partial charge on any atom is -0.490 e. The molecule has 3 aliphatic heterocycles. The van der Waals surface area contributed by atoms with Crippen molar-refractivity contribution in [2.75, 3.05) is 82.6 Å². The number of fused-ring (bicyclic) bond motifs is 1. The van der Waals surface area contributed by atoms with Gasteiger partial charge in [0.1, 0.15) is 30.0 Å². The van der Waals surface area contributed by atoms with E-state index in [-0.39, 0.29) is 55.5 Å². The van der Waals surface area contributed by atoms with E-state index in [1.54, 1.807) is 19.2 Å². The highest BCUT2D eigenvalue weighted by Gasteiger charge is 2.37. The number of unbranched alkanes of at least 4 members (excludes halogenated alkanes) is 1. The van der Waals surface area contributed by atoms with E-state index in [4.69, 9.17) is 23.7 Å². The van der Waals surface area contributed by atoms with Gasteiger partial charge in [-0.15, -0.1) is 10.1 Å². The van der Waals surface area contributed by atoms with Gasteiger partial charge in [0, 0.05) is 51.4 Å². The molecule has 3 aromatic carbocycles. The number of ether oxygens (including phenoxy) is 5. The molecular formula is C40H51FN4O9. The van der Waals surface area contributed by atoms with Crippen LogP contribution in [0.2, 0.25) is 0 Å². The molecule has 13 nitrogen and oxygen atoms in total. The van der Waals surface area contributed by atoms with Crippen molar-refractivity contribution in [2.45, 2.75) is 56.8 Å². The average Bonchev–Trinajstić information content (AvgIpc) is 3.64. The summed E-state index contributed by atoms with van der Waals surface area (Å²) in [4.78, 5) is 32.3. The molecule has 4 unspecified atom stereocenters. The minimum absolute atomic E-state index is 0.0272. The summed E-state index contributed by atoms with van der Waals surface area (Å²) in [6, 6.07) is 20.9. The molecule has 6 rings (SSSR count). The maximum Gasteiger partial charge on any atom is 0.306 e. The molecule has 0 bridgehead atoms. The van der Waals surface area contributed by atoms with Crippen LogP contribution in [0.25, 0.3) is 0 Å². The number of halogens is 1. The highest BCUT2D eigenvalue weighted by atomic mass is 19.1. The number of anilines is 2. The molecule has 54 heavy (non-hydrogen) atoms. The first-order chi connectivity index (χ1) is 26.4. The standard InChI is InChI=1S/C40H51FN4O9/c1-49-18-5-15-43-17-21-50-37-13-8-29(22-36(37)43)28-52-38-26-42-25-31(23-39(46)51-19-2-3-20-53-45(47)48)40(38)30-9-11-34(12-10-30)54-35-14-16-44(27-35)33-7-4-6-32(41)24-33/h4,6-13,22,24,31,35,38,40,42H,2-3,5,14-21,23,25-28H2,1H3. The highest BCUT2D eigenvalue weighted by molar-refractivity contribution is 5.70. The van der Waals surface area contributed by atoms with Gasteiger partial charge in [0.25, 0.3) is 5.09 Å². The summed E-state index contributed by atoms with van der Waals surface area (Å²) in [5, 5.41) is 13.1. The van der Waals surface area contributed by atoms with Crippen molar-refractivity contribution in [3.05, 3.63) is 93.8 Å².